The zero-order valence-corrected chi connectivity index (χ0v) is 12.7. The number of carbonyl (C=O) groups excluding carboxylic acids is 1. The van der Waals surface area contributed by atoms with E-state index in [1.807, 2.05) is 0 Å². The first-order chi connectivity index (χ1) is 9.53. The molecule has 2 N–H and O–H groups in total. The number of nitrogens with zero attached hydrogens (tertiary/aromatic N) is 2. The summed E-state index contributed by atoms with van der Waals surface area (Å²) < 4.78 is 10.6. The standard InChI is InChI=1S/C11H16BrN3O5/c1-19-6-7(5-16)14-8-3-13-15(4-9(17)20-2)11(18)10(8)12/h3,7,14,16H,4-6H2,1-2H3. The maximum Gasteiger partial charge on any atom is 0.327 e. The van der Waals surface area contributed by atoms with Gasteiger partial charge in [0.25, 0.3) is 5.56 Å². The van der Waals surface area contributed by atoms with Crippen LogP contribution in [-0.2, 0) is 20.8 Å². The first kappa shape index (κ1) is 16.6. The fraction of sp³-hybridized carbons (Fsp3) is 0.545. The molecule has 1 heterocycles. The predicted octanol–water partition coefficient (Wildman–Crippen LogP) is -0.402. The van der Waals surface area contributed by atoms with Crippen LogP contribution in [0.5, 0.6) is 0 Å². The van der Waals surface area contributed by atoms with Crippen LogP contribution in [0.15, 0.2) is 15.5 Å². The van der Waals surface area contributed by atoms with Crippen molar-refractivity contribution in [2.45, 2.75) is 12.6 Å². The van der Waals surface area contributed by atoms with E-state index in [1.165, 1.54) is 20.4 Å². The maximum absolute atomic E-state index is 12.0. The molecule has 0 bridgehead atoms. The van der Waals surface area contributed by atoms with Crippen LogP contribution in [0.4, 0.5) is 5.69 Å². The molecule has 9 heteroatoms. The zero-order valence-electron chi connectivity index (χ0n) is 11.1. The Hall–Kier alpha value is -1.45. The molecule has 0 aliphatic rings. The Balaban J connectivity index is 2.94. The molecule has 0 aromatic carbocycles. The second-order valence-corrected chi connectivity index (χ2v) is 4.68. The van der Waals surface area contributed by atoms with E-state index in [4.69, 9.17) is 9.84 Å². The zero-order chi connectivity index (χ0) is 15.1. The van der Waals surface area contributed by atoms with E-state index in [9.17, 15) is 9.59 Å². The quantitative estimate of drug-likeness (QED) is 0.645. The Kier molecular flexibility index (Phi) is 6.62. The van der Waals surface area contributed by atoms with Crippen LogP contribution in [0.1, 0.15) is 0 Å². The topological polar surface area (TPSA) is 103 Å². The SMILES string of the molecule is COCC(CO)Nc1cnn(CC(=O)OC)c(=O)c1Br. The van der Waals surface area contributed by atoms with Gasteiger partial charge in [-0.2, -0.15) is 5.10 Å². The fourth-order valence-corrected chi connectivity index (χ4v) is 1.85. The van der Waals surface area contributed by atoms with Crippen LogP contribution >= 0.6 is 15.9 Å². The lowest BCUT2D eigenvalue weighted by molar-refractivity contribution is -0.141. The Labute approximate surface area is 123 Å². The highest BCUT2D eigenvalue weighted by Gasteiger charge is 2.14. The summed E-state index contributed by atoms with van der Waals surface area (Å²) in [5, 5.41) is 15.9. The molecule has 0 spiro atoms. The second-order valence-electron chi connectivity index (χ2n) is 3.89. The van der Waals surface area contributed by atoms with E-state index >= 15 is 0 Å². The van der Waals surface area contributed by atoms with E-state index in [1.54, 1.807) is 0 Å². The van der Waals surface area contributed by atoms with Crippen molar-refractivity contribution < 1.29 is 19.4 Å². The summed E-state index contributed by atoms with van der Waals surface area (Å²) in [6, 6.07) is -0.367. The van der Waals surface area contributed by atoms with Crippen molar-refractivity contribution in [3.63, 3.8) is 0 Å². The Morgan fingerprint density at radius 3 is 2.85 bits per heavy atom. The number of aliphatic hydroxyl groups excluding tert-OH is 1. The number of carbonyl (C=O) groups is 1. The van der Waals surface area contributed by atoms with Gasteiger partial charge in [0.1, 0.15) is 11.0 Å². The van der Waals surface area contributed by atoms with Crippen LogP contribution in [0.2, 0.25) is 0 Å². The van der Waals surface area contributed by atoms with E-state index in [0.29, 0.717) is 5.69 Å². The van der Waals surface area contributed by atoms with Crippen molar-refractivity contribution in [2.24, 2.45) is 0 Å². The van der Waals surface area contributed by atoms with Crippen LogP contribution in [0.25, 0.3) is 0 Å². The molecule has 112 valence electrons. The number of methoxy groups -OCH3 is 2. The molecule has 20 heavy (non-hydrogen) atoms. The lowest BCUT2D eigenvalue weighted by Gasteiger charge is -2.17. The van der Waals surface area contributed by atoms with Gasteiger partial charge in [0.15, 0.2) is 0 Å². The molecule has 0 amide bonds. The largest absolute Gasteiger partial charge is 0.468 e. The van der Waals surface area contributed by atoms with Gasteiger partial charge in [-0.3, -0.25) is 9.59 Å². The molecule has 8 nitrogen and oxygen atoms in total. The lowest BCUT2D eigenvalue weighted by atomic mass is 10.3. The number of hydrogen-bond acceptors (Lipinski definition) is 7. The van der Waals surface area contributed by atoms with Crippen molar-refractivity contribution in [1.82, 2.24) is 9.78 Å². The summed E-state index contributed by atoms with van der Waals surface area (Å²) in [6.45, 7) is -0.157. The number of halogens is 1. The highest BCUT2D eigenvalue weighted by Crippen LogP contribution is 2.17. The molecule has 0 aliphatic carbocycles. The maximum atomic E-state index is 12.0. The van der Waals surface area contributed by atoms with Crippen LogP contribution in [0.3, 0.4) is 0 Å². The van der Waals surface area contributed by atoms with Gasteiger partial charge in [0, 0.05) is 7.11 Å². The van der Waals surface area contributed by atoms with E-state index in [-0.39, 0.29) is 30.3 Å². The van der Waals surface area contributed by atoms with Gasteiger partial charge in [-0.1, -0.05) is 0 Å². The van der Waals surface area contributed by atoms with E-state index in [2.05, 4.69) is 31.1 Å². The highest BCUT2D eigenvalue weighted by atomic mass is 79.9. The molecule has 0 radical (unpaired) electrons. The normalized spacial score (nSPS) is 12.0. The van der Waals surface area contributed by atoms with Gasteiger partial charge in [-0.15, -0.1) is 0 Å². The fourth-order valence-electron chi connectivity index (χ4n) is 1.43. The number of ether oxygens (including phenoxy) is 2. The lowest BCUT2D eigenvalue weighted by Crippen LogP contribution is -2.32. The summed E-state index contributed by atoms with van der Waals surface area (Å²) in [7, 11) is 2.74. The van der Waals surface area contributed by atoms with Crippen LogP contribution < -0.4 is 10.9 Å². The minimum atomic E-state index is -0.570. The summed E-state index contributed by atoms with van der Waals surface area (Å²) >= 11 is 3.14. The van der Waals surface area contributed by atoms with Gasteiger partial charge in [-0.05, 0) is 15.9 Å². The first-order valence-corrected chi connectivity index (χ1v) is 6.51. The minimum Gasteiger partial charge on any atom is -0.468 e. The third-order valence-corrected chi connectivity index (χ3v) is 3.21. The predicted molar refractivity (Wildman–Crippen MR) is 74.6 cm³/mol. The first-order valence-electron chi connectivity index (χ1n) is 5.72. The molecular formula is C11H16BrN3O5. The van der Waals surface area contributed by atoms with Gasteiger partial charge in [0.05, 0.1) is 38.2 Å². The summed E-state index contributed by atoms with van der Waals surface area (Å²) in [4.78, 5) is 23.1. The average molecular weight is 350 g/mol. The number of hydrogen-bond donors (Lipinski definition) is 2. The average Bonchev–Trinajstić information content (AvgIpc) is 2.45. The molecule has 0 fully saturated rings. The van der Waals surface area contributed by atoms with Crippen molar-refractivity contribution >= 4 is 27.6 Å². The molecule has 0 saturated heterocycles. The molecule has 1 atom stereocenters. The molecule has 1 rings (SSSR count). The Bertz CT molecular complexity index is 519. The van der Waals surface area contributed by atoms with E-state index in [0.717, 1.165) is 4.68 Å². The monoisotopic (exact) mass is 349 g/mol. The Morgan fingerprint density at radius 2 is 2.30 bits per heavy atom. The van der Waals surface area contributed by atoms with Crippen molar-refractivity contribution in [1.29, 1.82) is 0 Å². The third-order valence-electron chi connectivity index (χ3n) is 2.44. The number of aromatic nitrogens is 2. The summed E-state index contributed by atoms with van der Waals surface area (Å²) in [5.74, 6) is -0.570. The number of nitrogens with one attached hydrogen (secondary N) is 1. The third kappa shape index (κ3) is 4.29. The van der Waals surface area contributed by atoms with Gasteiger partial charge >= 0.3 is 5.97 Å². The highest BCUT2D eigenvalue weighted by molar-refractivity contribution is 9.10. The molecule has 0 aliphatic heterocycles. The smallest absolute Gasteiger partial charge is 0.327 e. The van der Waals surface area contributed by atoms with Crippen molar-refractivity contribution in [2.75, 3.05) is 32.8 Å². The second kappa shape index (κ2) is 7.98. The Morgan fingerprint density at radius 1 is 1.60 bits per heavy atom. The molecule has 1 aromatic heterocycles. The molecule has 0 saturated carbocycles. The number of aliphatic hydroxyl groups is 1. The number of anilines is 1. The van der Waals surface area contributed by atoms with Crippen molar-refractivity contribution in [3.8, 4) is 0 Å². The van der Waals surface area contributed by atoms with Gasteiger partial charge < -0.3 is 19.9 Å². The molecular weight excluding hydrogens is 334 g/mol. The summed E-state index contributed by atoms with van der Waals surface area (Å²) in [5.41, 5.74) is -0.0678. The van der Waals surface area contributed by atoms with Crippen LogP contribution in [0, 0.1) is 0 Å². The number of rotatable bonds is 7. The van der Waals surface area contributed by atoms with Gasteiger partial charge in [0.2, 0.25) is 0 Å². The minimum absolute atomic E-state index is 0.161. The van der Waals surface area contributed by atoms with Crippen LogP contribution in [-0.4, -0.2) is 54.3 Å². The van der Waals surface area contributed by atoms with Crippen molar-refractivity contribution in [3.05, 3.63) is 21.0 Å². The molecule has 1 unspecified atom stereocenters. The van der Waals surface area contributed by atoms with E-state index < -0.39 is 11.5 Å². The summed E-state index contributed by atoms with van der Waals surface area (Å²) in [6.07, 6.45) is 1.38. The molecule has 1 aromatic rings. The number of esters is 1. The van der Waals surface area contributed by atoms with Gasteiger partial charge in [-0.25, -0.2) is 4.68 Å².